The van der Waals surface area contributed by atoms with E-state index >= 15 is 0 Å². The third kappa shape index (κ3) is 1.95. The second-order valence-corrected chi connectivity index (χ2v) is 6.24. The summed E-state index contributed by atoms with van der Waals surface area (Å²) in [5.41, 5.74) is 0.925. The Labute approximate surface area is 111 Å². The van der Waals surface area contributed by atoms with Crippen LogP contribution in [0.25, 0.3) is 0 Å². The number of hydrogen-bond acceptors (Lipinski definition) is 4. The summed E-state index contributed by atoms with van der Waals surface area (Å²) in [6.07, 6.45) is 3.25. The molecule has 5 heteroatoms. The van der Waals surface area contributed by atoms with Gasteiger partial charge in [-0.2, -0.15) is 0 Å². The summed E-state index contributed by atoms with van der Waals surface area (Å²) in [6, 6.07) is 0.303. The zero-order valence-corrected chi connectivity index (χ0v) is 11.5. The minimum Gasteiger partial charge on any atom is -0.378 e. The summed E-state index contributed by atoms with van der Waals surface area (Å²) < 4.78 is 5.56. The molecule has 0 radical (unpaired) electrons. The van der Waals surface area contributed by atoms with Crippen LogP contribution in [-0.4, -0.2) is 29.6 Å². The lowest BCUT2D eigenvalue weighted by atomic mass is 9.76. The molecule has 2 fully saturated rings. The Kier molecular flexibility index (Phi) is 3.11. The van der Waals surface area contributed by atoms with Gasteiger partial charge < -0.3 is 10.1 Å². The SMILES string of the molecule is CCc1nc(C)sc1C(=O)N[C@@H]1C[C@H]2OCC[C@@H]12. The fourth-order valence-corrected chi connectivity index (χ4v) is 3.80. The zero-order chi connectivity index (χ0) is 12.7. The highest BCUT2D eigenvalue weighted by Crippen LogP contribution is 2.38. The van der Waals surface area contributed by atoms with Gasteiger partial charge in [0.25, 0.3) is 5.91 Å². The number of fused-ring (bicyclic) bond motifs is 1. The lowest BCUT2D eigenvalue weighted by Crippen LogP contribution is -2.53. The highest BCUT2D eigenvalue weighted by atomic mass is 32.1. The van der Waals surface area contributed by atoms with Crippen LogP contribution in [0.4, 0.5) is 0 Å². The van der Waals surface area contributed by atoms with E-state index < -0.39 is 0 Å². The molecule has 1 amide bonds. The molecule has 4 nitrogen and oxygen atoms in total. The van der Waals surface area contributed by atoms with Gasteiger partial charge >= 0.3 is 0 Å². The van der Waals surface area contributed by atoms with Crippen molar-refractivity contribution in [2.75, 3.05) is 6.61 Å². The maximum absolute atomic E-state index is 12.2. The molecule has 0 aromatic carbocycles. The monoisotopic (exact) mass is 266 g/mol. The van der Waals surface area contributed by atoms with E-state index in [1.807, 2.05) is 13.8 Å². The van der Waals surface area contributed by atoms with E-state index in [0.717, 1.165) is 41.4 Å². The topological polar surface area (TPSA) is 51.2 Å². The molecule has 0 spiro atoms. The van der Waals surface area contributed by atoms with E-state index in [0.29, 0.717) is 18.1 Å². The number of nitrogens with one attached hydrogen (secondary N) is 1. The lowest BCUT2D eigenvalue weighted by Gasteiger charge is -2.39. The number of rotatable bonds is 3. The Bertz CT molecular complexity index is 472. The molecule has 2 heterocycles. The summed E-state index contributed by atoms with van der Waals surface area (Å²) in [4.78, 5) is 17.4. The number of aromatic nitrogens is 1. The van der Waals surface area contributed by atoms with Gasteiger partial charge in [-0.25, -0.2) is 4.98 Å². The number of hydrogen-bond donors (Lipinski definition) is 1. The Balaban J connectivity index is 1.67. The number of carbonyl (C=O) groups is 1. The van der Waals surface area contributed by atoms with Gasteiger partial charge in [-0.1, -0.05) is 6.92 Å². The molecule has 1 aliphatic heterocycles. The van der Waals surface area contributed by atoms with Crippen molar-refractivity contribution >= 4 is 17.2 Å². The van der Waals surface area contributed by atoms with Crippen LogP contribution in [0, 0.1) is 12.8 Å². The summed E-state index contributed by atoms with van der Waals surface area (Å²) in [7, 11) is 0. The summed E-state index contributed by atoms with van der Waals surface area (Å²) >= 11 is 1.49. The van der Waals surface area contributed by atoms with E-state index in [1.54, 1.807) is 0 Å². The molecule has 98 valence electrons. The minimum atomic E-state index is 0.0489. The first-order valence-corrected chi connectivity index (χ1v) is 7.39. The predicted molar refractivity (Wildman–Crippen MR) is 69.9 cm³/mol. The quantitative estimate of drug-likeness (QED) is 0.909. The van der Waals surface area contributed by atoms with Crippen LogP contribution in [0.15, 0.2) is 0 Å². The van der Waals surface area contributed by atoms with Crippen molar-refractivity contribution in [2.24, 2.45) is 5.92 Å². The summed E-state index contributed by atoms with van der Waals surface area (Å²) in [5, 5.41) is 4.11. The van der Waals surface area contributed by atoms with Gasteiger partial charge in [-0.15, -0.1) is 11.3 Å². The number of thiazole rings is 1. The maximum Gasteiger partial charge on any atom is 0.263 e. The third-order valence-electron chi connectivity index (χ3n) is 3.93. The second kappa shape index (κ2) is 4.63. The van der Waals surface area contributed by atoms with Crippen molar-refractivity contribution in [1.29, 1.82) is 0 Å². The van der Waals surface area contributed by atoms with E-state index in [1.165, 1.54) is 11.3 Å². The van der Waals surface area contributed by atoms with Gasteiger partial charge in [0.05, 0.1) is 16.8 Å². The highest BCUT2D eigenvalue weighted by Gasteiger charge is 2.45. The number of aryl methyl sites for hydroxylation is 2. The van der Waals surface area contributed by atoms with Crippen molar-refractivity contribution in [3.05, 3.63) is 15.6 Å². The first-order chi connectivity index (χ1) is 8.69. The Morgan fingerprint density at radius 2 is 2.44 bits per heavy atom. The number of nitrogens with zero attached hydrogens (tertiary/aromatic N) is 1. The van der Waals surface area contributed by atoms with Gasteiger partial charge in [0.2, 0.25) is 0 Å². The highest BCUT2D eigenvalue weighted by molar-refractivity contribution is 7.13. The van der Waals surface area contributed by atoms with Crippen molar-refractivity contribution in [2.45, 2.75) is 45.3 Å². The second-order valence-electron chi connectivity index (χ2n) is 5.04. The average molecular weight is 266 g/mol. The molecule has 3 rings (SSSR count). The molecule has 1 aliphatic carbocycles. The fraction of sp³-hybridized carbons (Fsp3) is 0.692. The first kappa shape index (κ1) is 12.1. The fourth-order valence-electron chi connectivity index (χ4n) is 2.88. The molecule has 1 saturated heterocycles. The number of carbonyl (C=O) groups excluding carboxylic acids is 1. The predicted octanol–water partition coefficient (Wildman–Crippen LogP) is 1.92. The Morgan fingerprint density at radius 3 is 3.17 bits per heavy atom. The summed E-state index contributed by atoms with van der Waals surface area (Å²) in [6.45, 7) is 4.84. The van der Waals surface area contributed by atoms with E-state index in [-0.39, 0.29) is 5.91 Å². The lowest BCUT2D eigenvalue weighted by molar-refractivity contribution is 0.00814. The Hall–Kier alpha value is -0.940. The molecule has 0 unspecified atom stereocenters. The van der Waals surface area contributed by atoms with Gasteiger partial charge in [0.1, 0.15) is 4.88 Å². The van der Waals surface area contributed by atoms with Crippen LogP contribution in [0.3, 0.4) is 0 Å². The van der Waals surface area contributed by atoms with Crippen LogP contribution < -0.4 is 5.32 Å². The Morgan fingerprint density at radius 1 is 1.61 bits per heavy atom. The number of ether oxygens (including phenoxy) is 1. The molecule has 1 N–H and O–H groups in total. The van der Waals surface area contributed by atoms with E-state index in [2.05, 4.69) is 10.3 Å². The smallest absolute Gasteiger partial charge is 0.263 e. The van der Waals surface area contributed by atoms with Crippen LogP contribution >= 0.6 is 11.3 Å². The van der Waals surface area contributed by atoms with Crippen LogP contribution in [-0.2, 0) is 11.2 Å². The summed E-state index contributed by atoms with van der Waals surface area (Å²) in [5.74, 6) is 0.584. The van der Waals surface area contributed by atoms with E-state index in [4.69, 9.17) is 4.74 Å². The first-order valence-electron chi connectivity index (χ1n) is 6.57. The molecule has 18 heavy (non-hydrogen) atoms. The molecule has 1 aromatic heterocycles. The average Bonchev–Trinajstić information content (AvgIpc) is 2.89. The molecule has 1 aromatic rings. The molecular weight excluding hydrogens is 248 g/mol. The molecule has 2 aliphatic rings. The molecule has 1 saturated carbocycles. The normalized spacial score (nSPS) is 29.8. The molecular formula is C13H18N2O2S. The minimum absolute atomic E-state index is 0.0489. The largest absolute Gasteiger partial charge is 0.378 e. The molecule has 3 atom stereocenters. The number of amides is 1. The van der Waals surface area contributed by atoms with Crippen LogP contribution in [0.5, 0.6) is 0 Å². The van der Waals surface area contributed by atoms with Crippen LogP contribution in [0.1, 0.15) is 40.1 Å². The van der Waals surface area contributed by atoms with Gasteiger partial charge in [-0.3, -0.25) is 4.79 Å². The van der Waals surface area contributed by atoms with Crippen molar-refractivity contribution in [3.8, 4) is 0 Å². The van der Waals surface area contributed by atoms with Gasteiger partial charge in [0.15, 0.2) is 0 Å². The van der Waals surface area contributed by atoms with Crippen molar-refractivity contribution < 1.29 is 9.53 Å². The van der Waals surface area contributed by atoms with Crippen LogP contribution in [0.2, 0.25) is 0 Å². The van der Waals surface area contributed by atoms with Gasteiger partial charge in [0, 0.05) is 18.6 Å². The zero-order valence-electron chi connectivity index (χ0n) is 10.7. The molecule has 0 bridgehead atoms. The maximum atomic E-state index is 12.2. The third-order valence-corrected chi connectivity index (χ3v) is 4.94. The van der Waals surface area contributed by atoms with Crippen molar-refractivity contribution in [3.63, 3.8) is 0 Å². The van der Waals surface area contributed by atoms with Gasteiger partial charge in [-0.05, 0) is 26.2 Å². The standard InChI is InChI=1S/C13H18N2O2S/c1-3-9-12(18-7(2)14-9)13(16)15-10-6-11-8(10)4-5-17-11/h8,10-11H,3-6H2,1-2H3,(H,15,16)/t8-,10+,11+/m0/s1. The van der Waals surface area contributed by atoms with E-state index in [9.17, 15) is 4.79 Å². The van der Waals surface area contributed by atoms with Crippen molar-refractivity contribution in [1.82, 2.24) is 10.3 Å².